The molecule has 0 saturated heterocycles. The molecule has 0 amide bonds. The van der Waals surface area contributed by atoms with Crippen LogP contribution in [0.4, 0.5) is 0 Å². The van der Waals surface area contributed by atoms with Crippen molar-refractivity contribution in [2.45, 2.75) is 45.8 Å². The molecule has 1 heterocycles. The van der Waals surface area contributed by atoms with Crippen LogP contribution < -0.4 is 4.74 Å². The van der Waals surface area contributed by atoms with Crippen LogP contribution in [-0.2, 0) is 12.1 Å². The molecular formula is C21H26N2O2. The molecule has 132 valence electrons. The summed E-state index contributed by atoms with van der Waals surface area (Å²) >= 11 is 0. The number of hydrogen-bond donors (Lipinski definition) is 1. The Morgan fingerprint density at radius 1 is 1.08 bits per heavy atom. The Hall–Kier alpha value is -2.33. The summed E-state index contributed by atoms with van der Waals surface area (Å²) in [4.78, 5) is 4.61. The van der Waals surface area contributed by atoms with Gasteiger partial charge in [-0.1, -0.05) is 44.2 Å². The Morgan fingerprint density at radius 2 is 1.76 bits per heavy atom. The maximum absolute atomic E-state index is 10.5. The molecule has 0 saturated carbocycles. The van der Waals surface area contributed by atoms with Crippen LogP contribution in [0.1, 0.15) is 45.0 Å². The van der Waals surface area contributed by atoms with Crippen LogP contribution in [0.3, 0.4) is 0 Å². The van der Waals surface area contributed by atoms with E-state index >= 15 is 0 Å². The highest BCUT2D eigenvalue weighted by Crippen LogP contribution is 2.27. The summed E-state index contributed by atoms with van der Waals surface area (Å²) in [5, 5.41) is 10.5. The smallest absolute Gasteiger partial charge is 0.141 e. The van der Waals surface area contributed by atoms with Crippen molar-refractivity contribution >= 4 is 11.0 Å². The second-order valence-corrected chi connectivity index (χ2v) is 7.18. The summed E-state index contributed by atoms with van der Waals surface area (Å²) in [7, 11) is 0. The summed E-state index contributed by atoms with van der Waals surface area (Å²) in [5.74, 6) is 2.00. The Kier molecular flexibility index (Phi) is 4.82. The van der Waals surface area contributed by atoms with E-state index in [1.165, 1.54) is 5.56 Å². The molecule has 0 atom stereocenters. The van der Waals surface area contributed by atoms with Crippen LogP contribution in [0, 0.1) is 0 Å². The van der Waals surface area contributed by atoms with Crippen molar-refractivity contribution in [3.63, 3.8) is 0 Å². The largest absolute Gasteiger partial charge is 0.491 e. The second kappa shape index (κ2) is 6.89. The first-order valence-electron chi connectivity index (χ1n) is 8.78. The first kappa shape index (κ1) is 17.5. The molecule has 0 aliphatic heterocycles. The SMILES string of the molecule is CC(C)c1ccccc1OCCn1c(C(C)(C)O)nc2ccccc21. The minimum Gasteiger partial charge on any atom is -0.491 e. The molecule has 0 bridgehead atoms. The van der Waals surface area contributed by atoms with Gasteiger partial charge < -0.3 is 14.4 Å². The van der Waals surface area contributed by atoms with Gasteiger partial charge in [0.25, 0.3) is 0 Å². The fourth-order valence-electron chi connectivity index (χ4n) is 3.10. The van der Waals surface area contributed by atoms with Crippen LogP contribution in [-0.4, -0.2) is 21.3 Å². The van der Waals surface area contributed by atoms with Gasteiger partial charge in [0, 0.05) is 0 Å². The molecule has 4 nitrogen and oxygen atoms in total. The number of hydrogen-bond acceptors (Lipinski definition) is 3. The zero-order valence-corrected chi connectivity index (χ0v) is 15.4. The summed E-state index contributed by atoms with van der Waals surface area (Å²) in [6.45, 7) is 9.01. The van der Waals surface area contributed by atoms with Crippen LogP contribution in [0.2, 0.25) is 0 Å². The molecular weight excluding hydrogens is 312 g/mol. The summed E-state index contributed by atoms with van der Waals surface area (Å²) < 4.78 is 8.11. The zero-order valence-electron chi connectivity index (χ0n) is 15.4. The third-order valence-electron chi connectivity index (χ3n) is 4.32. The van der Waals surface area contributed by atoms with E-state index in [0.717, 1.165) is 16.8 Å². The number of rotatable bonds is 6. The molecule has 0 aliphatic rings. The van der Waals surface area contributed by atoms with Gasteiger partial charge in [-0.2, -0.15) is 0 Å². The van der Waals surface area contributed by atoms with Crippen molar-refractivity contribution in [2.24, 2.45) is 0 Å². The summed E-state index contributed by atoms with van der Waals surface area (Å²) in [5.41, 5.74) is 2.11. The number of aromatic nitrogens is 2. The lowest BCUT2D eigenvalue weighted by Gasteiger charge is -2.20. The molecule has 1 aromatic heterocycles. The third-order valence-corrected chi connectivity index (χ3v) is 4.32. The number of fused-ring (bicyclic) bond motifs is 1. The average molecular weight is 338 g/mol. The molecule has 25 heavy (non-hydrogen) atoms. The molecule has 0 fully saturated rings. The summed E-state index contributed by atoms with van der Waals surface area (Å²) in [6, 6.07) is 16.1. The van der Waals surface area contributed by atoms with E-state index in [2.05, 4.69) is 24.9 Å². The molecule has 0 unspecified atom stereocenters. The van der Waals surface area contributed by atoms with Gasteiger partial charge in [0.05, 0.1) is 17.6 Å². The number of para-hydroxylation sites is 3. The highest BCUT2D eigenvalue weighted by molar-refractivity contribution is 5.76. The first-order chi connectivity index (χ1) is 11.9. The quantitative estimate of drug-likeness (QED) is 0.721. The molecule has 1 N–H and O–H groups in total. The molecule has 0 aliphatic carbocycles. The highest BCUT2D eigenvalue weighted by Gasteiger charge is 2.24. The Morgan fingerprint density at radius 3 is 2.48 bits per heavy atom. The fourth-order valence-corrected chi connectivity index (χ4v) is 3.10. The Bertz CT molecular complexity index is 860. The van der Waals surface area contributed by atoms with Gasteiger partial charge >= 0.3 is 0 Å². The monoisotopic (exact) mass is 338 g/mol. The van der Waals surface area contributed by atoms with E-state index in [-0.39, 0.29) is 0 Å². The van der Waals surface area contributed by atoms with E-state index in [1.807, 2.05) is 47.0 Å². The van der Waals surface area contributed by atoms with Gasteiger partial charge in [-0.3, -0.25) is 0 Å². The molecule has 4 heteroatoms. The molecule has 3 aromatic rings. The van der Waals surface area contributed by atoms with E-state index in [0.29, 0.717) is 24.9 Å². The van der Waals surface area contributed by atoms with Crippen LogP contribution in [0.25, 0.3) is 11.0 Å². The number of nitrogens with zero attached hydrogens (tertiary/aromatic N) is 2. The zero-order chi connectivity index (χ0) is 18.0. The Balaban J connectivity index is 1.84. The van der Waals surface area contributed by atoms with E-state index in [1.54, 1.807) is 13.8 Å². The normalized spacial score (nSPS) is 12.1. The van der Waals surface area contributed by atoms with Crippen molar-refractivity contribution in [3.05, 3.63) is 59.9 Å². The lowest BCUT2D eigenvalue weighted by Crippen LogP contribution is -2.23. The second-order valence-electron chi connectivity index (χ2n) is 7.18. The predicted molar refractivity (Wildman–Crippen MR) is 101 cm³/mol. The van der Waals surface area contributed by atoms with Crippen LogP contribution in [0.15, 0.2) is 48.5 Å². The van der Waals surface area contributed by atoms with Gasteiger partial charge in [0.2, 0.25) is 0 Å². The minimum atomic E-state index is -1.01. The summed E-state index contributed by atoms with van der Waals surface area (Å²) in [6.07, 6.45) is 0. The van der Waals surface area contributed by atoms with Gasteiger partial charge in [0.1, 0.15) is 23.8 Å². The van der Waals surface area contributed by atoms with Crippen LogP contribution >= 0.6 is 0 Å². The van der Waals surface area contributed by atoms with Crippen LogP contribution in [0.5, 0.6) is 5.75 Å². The molecule has 0 spiro atoms. The van der Waals surface area contributed by atoms with Gasteiger partial charge in [0.15, 0.2) is 0 Å². The maximum atomic E-state index is 10.5. The topological polar surface area (TPSA) is 47.3 Å². The van der Waals surface area contributed by atoms with Crippen molar-refractivity contribution in [1.82, 2.24) is 9.55 Å². The van der Waals surface area contributed by atoms with E-state index < -0.39 is 5.60 Å². The first-order valence-corrected chi connectivity index (χ1v) is 8.78. The lowest BCUT2D eigenvalue weighted by atomic mass is 10.0. The lowest BCUT2D eigenvalue weighted by molar-refractivity contribution is 0.0644. The number of benzene rings is 2. The minimum absolute atomic E-state index is 0.414. The maximum Gasteiger partial charge on any atom is 0.141 e. The predicted octanol–water partition coefficient (Wildman–Crippen LogP) is 4.47. The number of aliphatic hydroxyl groups is 1. The fraction of sp³-hybridized carbons (Fsp3) is 0.381. The van der Waals surface area contributed by atoms with Gasteiger partial charge in [-0.25, -0.2) is 4.98 Å². The van der Waals surface area contributed by atoms with Crippen molar-refractivity contribution in [3.8, 4) is 5.75 Å². The highest BCUT2D eigenvalue weighted by atomic mass is 16.5. The van der Waals surface area contributed by atoms with Gasteiger partial charge in [-0.05, 0) is 43.5 Å². The third kappa shape index (κ3) is 3.69. The van der Waals surface area contributed by atoms with Crippen molar-refractivity contribution in [1.29, 1.82) is 0 Å². The molecule has 2 aromatic carbocycles. The van der Waals surface area contributed by atoms with Crippen molar-refractivity contribution in [2.75, 3.05) is 6.61 Å². The molecule has 3 rings (SSSR count). The number of imidazole rings is 1. The van der Waals surface area contributed by atoms with E-state index in [9.17, 15) is 5.11 Å². The number of ether oxygens (including phenoxy) is 1. The van der Waals surface area contributed by atoms with Gasteiger partial charge in [-0.15, -0.1) is 0 Å². The van der Waals surface area contributed by atoms with Crippen molar-refractivity contribution < 1.29 is 9.84 Å². The standard InChI is InChI=1S/C21H26N2O2/c1-15(2)16-9-5-8-12-19(16)25-14-13-23-18-11-7-6-10-17(18)22-20(23)21(3,4)24/h5-12,15,24H,13-14H2,1-4H3. The molecule has 0 radical (unpaired) electrons. The van der Waals surface area contributed by atoms with E-state index in [4.69, 9.17) is 4.74 Å². The Labute approximate surface area is 149 Å². The average Bonchev–Trinajstić information content (AvgIpc) is 2.94.